The Hall–Kier alpha value is -3.46. The lowest BCUT2D eigenvalue weighted by molar-refractivity contribution is -0.111. The topological polar surface area (TPSA) is 96.8 Å². The van der Waals surface area contributed by atoms with Crippen LogP contribution in [0, 0.1) is 5.82 Å². The van der Waals surface area contributed by atoms with Crippen LogP contribution < -0.4 is 16.0 Å². The standard InChI is InChI=1S/C17H15ClFN7O/c1-3-15(27)22-10-4-5-12(19)13(8-10)23-16-11(18)9-20-17(25-16)24-14-6-7-21-26(14)2/h3-9H,1H2,2H3,(H,22,27)(H2,20,23,24,25). The van der Waals surface area contributed by atoms with Crippen molar-refractivity contribution in [3.8, 4) is 0 Å². The molecule has 0 aliphatic heterocycles. The fourth-order valence-corrected chi connectivity index (χ4v) is 2.28. The van der Waals surface area contributed by atoms with E-state index in [4.69, 9.17) is 11.6 Å². The average Bonchev–Trinajstić information content (AvgIpc) is 3.05. The molecule has 2 aromatic heterocycles. The van der Waals surface area contributed by atoms with Crippen molar-refractivity contribution in [1.82, 2.24) is 19.7 Å². The third kappa shape index (κ3) is 4.39. The van der Waals surface area contributed by atoms with Crippen molar-refractivity contribution in [3.05, 3.63) is 60.2 Å². The summed E-state index contributed by atoms with van der Waals surface area (Å²) >= 11 is 6.12. The van der Waals surface area contributed by atoms with Gasteiger partial charge in [-0.25, -0.2) is 9.37 Å². The van der Waals surface area contributed by atoms with Crippen LogP contribution in [-0.4, -0.2) is 25.7 Å². The molecular formula is C17H15ClFN7O. The zero-order valence-corrected chi connectivity index (χ0v) is 15.0. The second-order valence-corrected chi connectivity index (χ2v) is 5.78. The molecule has 3 aromatic rings. The number of aromatic nitrogens is 4. The Morgan fingerprint density at radius 2 is 2.15 bits per heavy atom. The molecule has 0 bridgehead atoms. The van der Waals surface area contributed by atoms with Gasteiger partial charge in [-0.3, -0.25) is 9.48 Å². The van der Waals surface area contributed by atoms with Crippen LogP contribution >= 0.6 is 11.6 Å². The number of anilines is 5. The SMILES string of the molecule is C=CC(=O)Nc1ccc(F)c(Nc2nc(Nc3ccnn3C)ncc2Cl)c1. The molecule has 0 unspecified atom stereocenters. The van der Waals surface area contributed by atoms with E-state index < -0.39 is 11.7 Å². The predicted molar refractivity (Wildman–Crippen MR) is 102 cm³/mol. The van der Waals surface area contributed by atoms with Gasteiger partial charge in [0.2, 0.25) is 11.9 Å². The molecule has 0 spiro atoms. The minimum absolute atomic E-state index is 0.0870. The summed E-state index contributed by atoms with van der Waals surface area (Å²) in [4.78, 5) is 19.8. The van der Waals surface area contributed by atoms with Crippen LogP contribution in [0.4, 0.5) is 33.3 Å². The van der Waals surface area contributed by atoms with Crippen LogP contribution in [0.1, 0.15) is 0 Å². The number of rotatable bonds is 6. The van der Waals surface area contributed by atoms with E-state index in [1.807, 2.05) is 0 Å². The molecule has 0 aliphatic carbocycles. The van der Waals surface area contributed by atoms with Crippen molar-refractivity contribution in [2.75, 3.05) is 16.0 Å². The molecule has 0 radical (unpaired) electrons. The number of aryl methyl sites for hydroxylation is 1. The van der Waals surface area contributed by atoms with Crippen LogP contribution in [-0.2, 0) is 11.8 Å². The van der Waals surface area contributed by atoms with E-state index in [0.29, 0.717) is 11.5 Å². The fourth-order valence-electron chi connectivity index (χ4n) is 2.15. The number of carbonyl (C=O) groups is 1. The Bertz CT molecular complexity index is 1000. The van der Waals surface area contributed by atoms with Crippen LogP contribution in [0.15, 0.2) is 49.3 Å². The van der Waals surface area contributed by atoms with Crippen molar-refractivity contribution in [3.63, 3.8) is 0 Å². The summed E-state index contributed by atoms with van der Waals surface area (Å²) in [6.45, 7) is 3.37. The van der Waals surface area contributed by atoms with Gasteiger partial charge in [0.25, 0.3) is 0 Å². The number of hydrogen-bond donors (Lipinski definition) is 3. The van der Waals surface area contributed by atoms with Crippen molar-refractivity contribution in [2.24, 2.45) is 7.05 Å². The third-order valence-electron chi connectivity index (χ3n) is 3.48. The summed E-state index contributed by atoms with van der Waals surface area (Å²) < 4.78 is 15.8. The third-order valence-corrected chi connectivity index (χ3v) is 3.75. The van der Waals surface area contributed by atoms with Gasteiger partial charge in [0.15, 0.2) is 5.82 Å². The maximum atomic E-state index is 14.2. The minimum atomic E-state index is -0.539. The summed E-state index contributed by atoms with van der Waals surface area (Å²) in [7, 11) is 1.76. The van der Waals surface area contributed by atoms with E-state index >= 15 is 0 Å². The number of carbonyl (C=O) groups excluding carboxylic acids is 1. The molecule has 1 aromatic carbocycles. The van der Waals surface area contributed by atoms with E-state index in [1.165, 1.54) is 24.4 Å². The Labute approximate surface area is 159 Å². The maximum Gasteiger partial charge on any atom is 0.247 e. The summed E-state index contributed by atoms with van der Waals surface area (Å²) in [5.41, 5.74) is 0.478. The summed E-state index contributed by atoms with van der Waals surface area (Å²) in [6.07, 6.45) is 4.13. The highest BCUT2D eigenvalue weighted by atomic mass is 35.5. The van der Waals surface area contributed by atoms with Gasteiger partial charge in [0.1, 0.15) is 16.7 Å². The molecule has 0 fully saturated rings. The summed E-state index contributed by atoms with van der Waals surface area (Å²) in [6, 6.07) is 5.81. The first-order chi connectivity index (χ1) is 13.0. The lowest BCUT2D eigenvalue weighted by atomic mass is 10.2. The van der Waals surface area contributed by atoms with Crippen LogP contribution in [0.3, 0.4) is 0 Å². The molecule has 2 heterocycles. The molecule has 138 valence electrons. The van der Waals surface area contributed by atoms with Crippen LogP contribution in [0.5, 0.6) is 0 Å². The Balaban J connectivity index is 1.85. The lowest BCUT2D eigenvalue weighted by Gasteiger charge is -2.12. The zero-order valence-electron chi connectivity index (χ0n) is 14.2. The molecule has 0 saturated heterocycles. The Morgan fingerprint density at radius 1 is 1.33 bits per heavy atom. The maximum absolute atomic E-state index is 14.2. The first-order valence-electron chi connectivity index (χ1n) is 7.74. The van der Waals surface area contributed by atoms with Gasteiger partial charge in [0.05, 0.1) is 18.1 Å². The molecular weight excluding hydrogens is 373 g/mol. The van der Waals surface area contributed by atoms with Crippen molar-refractivity contribution in [1.29, 1.82) is 0 Å². The molecule has 27 heavy (non-hydrogen) atoms. The van der Waals surface area contributed by atoms with E-state index in [0.717, 1.165) is 6.08 Å². The highest BCUT2D eigenvalue weighted by Crippen LogP contribution is 2.28. The number of hydrogen-bond acceptors (Lipinski definition) is 6. The first kappa shape index (κ1) is 18.3. The minimum Gasteiger partial charge on any atom is -0.336 e. The molecule has 8 nitrogen and oxygen atoms in total. The van der Waals surface area contributed by atoms with E-state index in [1.54, 1.807) is 24.0 Å². The molecule has 0 saturated carbocycles. The molecule has 3 rings (SSSR count). The average molecular weight is 388 g/mol. The Morgan fingerprint density at radius 3 is 2.85 bits per heavy atom. The highest BCUT2D eigenvalue weighted by molar-refractivity contribution is 6.32. The van der Waals surface area contributed by atoms with Gasteiger partial charge in [-0.15, -0.1) is 0 Å². The van der Waals surface area contributed by atoms with Gasteiger partial charge in [-0.05, 0) is 24.3 Å². The number of amides is 1. The second-order valence-electron chi connectivity index (χ2n) is 5.37. The smallest absolute Gasteiger partial charge is 0.247 e. The summed E-state index contributed by atoms with van der Waals surface area (Å²) in [5.74, 6) is 0.172. The largest absolute Gasteiger partial charge is 0.336 e. The normalized spacial score (nSPS) is 10.3. The van der Waals surface area contributed by atoms with E-state index in [-0.39, 0.29) is 22.5 Å². The second kappa shape index (κ2) is 7.83. The predicted octanol–water partition coefficient (Wildman–Crippen LogP) is 3.61. The highest BCUT2D eigenvalue weighted by Gasteiger charge is 2.11. The number of nitrogens with one attached hydrogen (secondary N) is 3. The Kier molecular flexibility index (Phi) is 5.32. The van der Waals surface area contributed by atoms with Gasteiger partial charge in [0, 0.05) is 18.8 Å². The number of benzene rings is 1. The zero-order chi connectivity index (χ0) is 19.4. The van der Waals surface area contributed by atoms with Crippen molar-refractivity contribution in [2.45, 2.75) is 0 Å². The van der Waals surface area contributed by atoms with Gasteiger partial charge in [-0.2, -0.15) is 10.1 Å². The molecule has 3 N–H and O–H groups in total. The van der Waals surface area contributed by atoms with Crippen molar-refractivity contribution >= 4 is 46.5 Å². The molecule has 0 atom stereocenters. The quantitative estimate of drug-likeness (QED) is 0.559. The molecule has 10 heteroatoms. The molecule has 1 amide bonds. The molecule has 0 aliphatic rings. The lowest BCUT2D eigenvalue weighted by Crippen LogP contribution is -2.08. The number of halogens is 2. The van der Waals surface area contributed by atoms with Gasteiger partial charge in [-0.1, -0.05) is 18.2 Å². The van der Waals surface area contributed by atoms with Gasteiger partial charge < -0.3 is 16.0 Å². The van der Waals surface area contributed by atoms with E-state index in [9.17, 15) is 9.18 Å². The van der Waals surface area contributed by atoms with Gasteiger partial charge >= 0.3 is 0 Å². The monoisotopic (exact) mass is 387 g/mol. The van der Waals surface area contributed by atoms with Crippen LogP contribution in [0.25, 0.3) is 0 Å². The number of nitrogens with zero attached hydrogens (tertiary/aromatic N) is 4. The van der Waals surface area contributed by atoms with E-state index in [2.05, 4.69) is 37.6 Å². The first-order valence-corrected chi connectivity index (χ1v) is 8.11. The summed E-state index contributed by atoms with van der Waals surface area (Å²) in [5, 5.41) is 12.6. The van der Waals surface area contributed by atoms with Crippen molar-refractivity contribution < 1.29 is 9.18 Å². The van der Waals surface area contributed by atoms with Crippen LogP contribution in [0.2, 0.25) is 5.02 Å². The fraction of sp³-hybridized carbons (Fsp3) is 0.0588.